The van der Waals surface area contributed by atoms with Crippen LogP contribution in [-0.4, -0.2) is 15.5 Å². The van der Waals surface area contributed by atoms with Gasteiger partial charge in [-0.2, -0.15) is 0 Å². The van der Waals surface area contributed by atoms with E-state index in [1.165, 1.54) is 0 Å². The maximum absolute atomic E-state index is 12.4. The Bertz CT molecular complexity index is 679. The molecule has 20 heavy (non-hydrogen) atoms. The van der Waals surface area contributed by atoms with Crippen LogP contribution in [0.2, 0.25) is 5.02 Å². The number of aryl methyl sites for hydroxylation is 1. The lowest BCUT2D eigenvalue weighted by Gasteiger charge is -2.10. The van der Waals surface area contributed by atoms with Crippen LogP contribution in [0.5, 0.6) is 0 Å². The lowest BCUT2D eigenvalue weighted by molar-refractivity contribution is 0.101. The van der Waals surface area contributed by atoms with Crippen molar-refractivity contribution in [1.29, 1.82) is 0 Å². The van der Waals surface area contributed by atoms with Gasteiger partial charge in [-0.05, 0) is 53.9 Å². The number of anilines is 1. The summed E-state index contributed by atoms with van der Waals surface area (Å²) in [7, 11) is 0. The van der Waals surface area contributed by atoms with Gasteiger partial charge in [0.15, 0.2) is 0 Å². The molecule has 104 valence electrons. The van der Waals surface area contributed by atoms with Crippen molar-refractivity contribution in [2.24, 2.45) is 0 Å². The Morgan fingerprint density at radius 1 is 1.50 bits per heavy atom. The van der Waals surface area contributed by atoms with Crippen molar-refractivity contribution in [3.05, 3.63) is 45.4 Å². The van der Waals surface area contributed by atoms with Gasteiger partial charge in [0.2, 0.25) is 0 Å². The van der Waals surface area contributed by atoms with E-state index in [9.17, 15) is 4.79 Å². The summed E-state index contributed by atoms with van der Waals surface area (Å²) >= 11 is 9.32. The molecule has 2 aromatic heterocycles. The van der Waals surface area contributed by atoms with Crippen molar-refractivity contribution in [3.8, 4) is 0 Å². The second kappa shape index (κ2) is 5.22. The van der Waals surface area contributed by atoms with E-state index in [4.69, 9.17) is 11.6 Å². The first kappa shape index (κ1) is 13.6. The summed E-state index contributed by atoms with van der Waals surface area (Å²) in [5, 5.41) is 3.48. The number of rotatable bonds is 3. The minimum Gasteiger partial charge on any atom is -0.339 e. The Morgan fingerprint density at radius 2 is 2.25 bits per heavy atom. The van der Waals surface area contributed by atoms with E-state index in [0.717, 1.165) is 23.1 Å². The summed E-state index contributed by atoms with van der Waals surface area (Å²) in [6, 6.07) is 5.75. The summed E-state index contributed by atoms with van der Waals surface area (Å²) in [4.78, 5) is 16.7. The minimum atomic E-state index is -0.156. The van der Waals surface area contributed by atoms with Gasteiger partial charge >= 0.3 is 0 Å². The average Bonchev–Trinajstić information content (AvgIpc) is 3.16. The molecule has 1 amide bonds. The van der Waals surface area contributed by atoms with E-state index in [1.54, 1.807) is 12.1 Å². The monoisotopic (exact) mass is 353 g/mol. The molecular weight excluding hydrogens is 342 g/mol. The van der Waals surface area contributed by atoms with E-state index >= 15 is 0 Å². The van der Waals surface area contributed by atoms with Crippen molar-refractivity contribution < 1.29 is 4.79 Å². The Kier molecular flexibility index (Phi) is 3.56. The standard InChI is InChI=1S/C14H13BrClN3O/c1-8-11(4-5-13(15)17-8)18-14(20)12-6-9(16)7-19(12)10-2-3-10/h4-7,10H,2-3H2,1H3,(H,18,20). The summed E-state index contributed by atoms with van der Waals surface area (Å²) in [6.45, 7) is 1.85. The molecule has 6 heteroatoms. The van der Waals surface area contributed by atoms with Gasteiger partial charge in [0.1, 0.15) is 10.3 Å². The van der Waals surface area contributed by atoms with Crippen LogP contribution in [0.1, 0.15) is 35.1 Å². The Balaban J connectivity index is 1.86. The highest BCUT2D eigenvalue weighted by Crippen LogP contribution is 2.37. The molecular formula is C14H13BrClN3O. The Morgan fingerprint density at radius 3 is 2.90 bits per heavy atom. The molecule has 0 spiro atoms. The number of nitrogens with zero attached hydrogens (tertiary/aromatic N) is 2. The first-order valence-electron chi connectivity index (χ1n) is 6.36. The van der Waals surface area contributed by atoms with E-state index < -0.39 is 0 Å². The van der Waals surface area contributed by atoms with Crippen molar-refractivity contribution in [1.82, 2.24) is 9.55 Å². The smallest absolute Gasteiger partial charge is 0.272 e. The van der Waals surface area contributed by atoms with Gasteiger partial charge in [-0.25, -0.2) is 4.98 Å². The van der Waals surface area contributed by atoms with Crippen molar-refractivity contribution >= 4 is 39.1 Å². The van der Waals surface area contributed by atoms with Crippen LogP contribution in [0.15, 0.2) is 29.0 Å². The molecule has 1 aliphatic rings. The number of carbonyl (C=O) groups excluding carboxylic acids is 1. The molecule has 0 radical (unpaired) electrons. The number of amides is 1. The summed E-state index contributed by atoms with van der Waals surface area (Å²) in [5.74, 6) is -0.156. The van der Waals surface area contributed by atoms with Gasteiger partial charge in [-0.15, -0.1) is 0 Å². The molecule has 1 N–H and O–H groups in total. The van der Waals surface area contributed by atoms with Crippen LogP contribution in [0.25, 0.3) is 0 Å². The largest absolute Gasteiger partial charge is 0.339 e. The molecule has 0 unspecified atom stereocenters. The van der Waals surface area contributed by atoms with Gasteiger partial charge in [0.25, 0.3) is 5.91 Å². The molecule has 0 aromatic carbocycles. The third-order valence-corrected chi connectivity index (χ3v) is 3.94. The first-order valence-corrected chi connectivity index (χ1v) is 7.53. The second-order valence-corrected chi connectivity index (χ2v) is 6.15. The zero-order chi connectivity index (χ0) is 14.3. The molecule has 1 fully saturated rings. The van der Waals surface area contributed by atoms with E-state index in [-0.39, 0.29) is 5.91 Å². The minimum absolute atomic E-state index is 0.156. The van der Waals surface area contributed by atoms with Crippen molar-refractivity contribution in [2.45, 2.75) is 25.8 Å². The molecule has 0 saturated heterocycles. The van der Waals surface area contributed by atoms with Crippen molar-refractivity contribution in [3.63, 3.8) is 0 Å². The van der Waals surface area contributed by atoms with E-state index in [1.807, 2.05) is 23.8 Å². The lowest BCUT2D eigenvalue weighted by Crippen LogP contribution is -2.17. The number of hydrogen-bond donors (Lipinski definition) is 1. The third kappa shape index (κ3) is 2.74. The topological polar surface area (TPSA) is 46.9 Å². The molecule has 1 saturated carbocycles. The maximum Gasteiger partial charge on any atom is 0.272 e. The molecule has 4 nitrogen and oxygen atoms in total. The fraction of sp³-hybridized carbons (Fsp3) is 0.286. The fourth-order valence-corrected chi connectivity index (χ4v) is 2.74. The number of pyridine rings is 1. The molecule has 1 aliphatic carbocycles. The van der Waals surface area contributed by atoms with Gasteiger partial charge in [-0.3, -0.25) is 4.79 Å². The SMILES string of the molecule is Cc1nc(Br)ccc1NC(=O)c1cc(Cl)cn1C1CC1. The zero-order valence-corrected chi connectivity index (χ0v) is 13.2. The van der Waals surface area contributed by atoms with Gasteiger partial charge in [-0.1, -0.05) is 11.6 Å². The fourth-order valence-electron chi connectivity index (χ4n) is 2.13. The molecule has 0 bridgehead atoms. The third-order valence-electron chi connectivity index (χ3n) is 3.29. The van der Waals surface area contributed by atoms with Gasteiger partial charge in [0, 0.05) is 12.2 Å². The molecule has 0 atom stereocenters. The highest BCUT2D eigenvalue weighted by atomic mass is 79.9. The van der Waals surface area contributed by atoms with Gasteiger partial charge < -0.3 is 9.88 Å². The molecule has 3 rings (SSSR count). The number of halogens is 2. The number of aromatic nitrogens is 2. The van der Waals surface area contributed by atoms with E-state index in [0.29, 0.717) is 22.4 Å². The summed E-state index contributed by atoms with van der Waals surface area (Å²) in [5.41, 5.74) is 2.07. The van der Waals surface area contributed by atoms with Crippen LogP contribution in [0.3, 0.4) is 0 Å². The van der Waals surface area contributed by atoms with Crippen LogP contribution >= 0.6 is 27.5 Å². The lowest BCUT2D eigenvalue weighted by atomic mass is 10.3. The van der Waals surface area contributed by atoms with Crippen LogP contribution in [0.4, 0.5) is 5.69 Å². The first-order chi connectivity index (χ1) is 9.54. The van der Waals surface area contributed by atoms with Crippen LogP contribution in [0, 0.1) is 6.92 Å². The van der Waals surface area contributed by atoms with Crippen LogP contribution < -0.4 is 5.32 Å². The number of hydrogen-bond acceptors (Lipinski definition) is 2. The Hall–Kier alpha value is -1.33. The number of nitrogens with one attached hydrogen (secondary N) is 1. The molecule has 2 heterocycles. The maximum atomic E-state index is 12.4. The van der Waals surface area contributed by atoms with Crippen LogP contribution in [-0.2, 0) is 0 Å². The van der Waals surface area contributed by atoms with E-state index in [2.05, 4.69) is 26.2 Å². The highest BCUT2D eigenvalue weighted by Gasteiger charge is 2.28. The highest BCUT2D eigenvalue weighted by molar-refractivity contribution is 9.10. The normalized spacial score (nSPS) is 14.3. The van der Waals surface area contributed by atoms with Gasteiger partial charge in [0.05, 0.1) is 16.4 Å². The Labute approximate surface area is 130 Å². The average molecular weight is 355 g/mol. The quantitative estimate of drug-likeness (QED) is 0.840. The zero-order valence-electron chi connectivity index (χ0n) is 10.9. The predicted molar refractivity (Wildman–Crippen MR) is 82.3 cm³/mol. The predicted octanol–water partition coefficient (Wildman–Crippen LogP) is 4.19. The summed E-state index contributed by atoms with van der Waals surface area (Å²) < 4.78 is 2.71. The molecule has 0 aliphatic heterocycles. The summed E-state index contributed by atoms with van der Waals surface area (Å²) in [6.07, 6.45) is 4.02. The second-order valence-electron chi connectivity index (χ2n) is 4.90. The molecule has 2 aromatic rings. The number of carbonyl (C=O) groups is 1. The van der Waals surface area contributed by atoms with Crippen molar-refractivity contribution in [2.75, 3.05) is 5.32 Å².